The SMILES string of the molecule is Cc1ccccc1N=C=S.Fc1ccccc1N=C=S.S=C=Nc1ccccc1Cl. The minimum atomic E-state index is -0.375. The molecule has 0 saturated carbocycles. The molecule has 3 aromatic rings. The molecule has 0 heterocycles. The largest absolute Gasteiger partial charge is 0.205 e. The fourth-order valence-corrected chi connectivity index (χ4v) is 2.39. The molecule has 0 aliphatic heterocycles. The molecular weight excluding hydrogens is 457 g/mol. The number of hydrogen-bond acceptors (Lipinski definition) is 6. The van der Waals surface area contributed by atoms with Crippen LogP contribution in [0.4, 0.5) is 21.5 Å². The van der Waals surface area contributed by atoms with Gasteiger partial charge in [0.2, 0.25) is 0 Å². The summed E-state index contributed by atoms with van der Waals surface area (Å²) >= 11 is 18.9. The predicted octanol–water partition coefficient (Wildman–Crippen LogP) is 8.36. The summed E-state index contributed by atoms with van der Waals surface area (Å²) in [4.78, 5) is 11.1. The molecule has 0 radical (unpaired) electrons. The molecule has 0 bridgehead atoms. The third-order valence-corrected chi connectivity index (χ3v) is 3.91. The van der Waals surface area contributed by atoms with E-state index in [1.807, 2.05) is 43.3 Å². The van der Waals surface area contributed by atoms with E-state index in [1.54, 1.807) is 24.3 Å². The topological polar surface area (TPSA) is 37.1 Å². The minimum Gasteiger partial charge on any atom is -0.205 e. The van der Waals surface area contributed by atoms with Crippen LogP contribution in [-0.4, -0.2) is 15.5 Å². The van der Waals surface area contributed by atoms with Crippen molar-refractivity contribution in [3.8, 4) is 0 Å². The van der Waals surface area contributed by atoms with Crippen LogP contribution in [0.2, 0.25) is 5.02 Å². The molecule has 0 fully saturated rings. The summed E-state index contributed by atoms with van der Waals surface area (Å²) in [7, 11) is 0. The standard InChI is InChI=1S/C8H7NS.C7H4ClNS.C7H4FNS/c1-7-4-2-3-5-8(7)9-6-10;2*8-6-3-1-2-4-7(6)9-5-10/h2-5H,1H3;2*1-4H. The Morgan fingerprint density at radius 1 is 0.667 bits per heavy atom. The molecule has 0 N–H and O–H groups in total. The van der Waals surface area contributed by atoms with E-state index in [0.717, 1.165) is 11.3 Å². The van der Waals surface area contributed by atoms with Gasteiger partial charge in [-0.05, 0) is 79.5 Å². The van der Waals surface area contributed by atoms with Crippen molar-refractivity contribution in [2.45, 2.75) is 6.92 Å². The molecule has 3 aromatic carbocycles. The molecule has 0 aliphatic carbocycles. The van der Waals surface area contributed by atoms with Crippen LogP contribution < -0.4 is 0 Å². The van der Waals surface area contributed by atoms with Crippen molar-refractivity contribution in [1.82, 2.24) is 0 Å². The lowest BCUT2D eigenvalue weighted by Gasteiger charge is -1.93. The maximum atomic E-state index is 12.6. The number of thiocarbonyl (C=S) groups is 3. The molecule has 0 spiro atoms. The number of aliphatic imine (C=N–C) groups is 3. The highest BCUT2D eigenvalue weighted by molar-refractivity contribution is 7.78. The van der Waals surface area contributed by atoms with Gasteiger partial charge in [0.1, 0.15) is 11.5 Å². The second-order valence-electron chi connectivity index (χ2n) is 5.30. The van der Waals surface area contributed by atoms with Crippen LogP contribution in [0.5, 0.6) is 0 Å². The lowest BCUT2D eigenvalue weighted by atomic mass is 10.2. The van der Waals surface area contributed by atoms with Crippen molar-refractivity contribution in [2.75, 3.05) is 0 Å². The van der Waals surface area contributed by atoms with Gasteiger partial charge in [-0.1, -0.05) is 54.1 Å². The molecule has 150 valence electrons. The number of hydrogen-bond donors (Lipinski definition) is 0. The van der Waals surface area contributed by atoms with E-state index in [1.165, 1.54) is 12.1 Å². The average Bonchev–Trinajstić information content (AvgIpc) is 2.75. The number of benzene rings is 3. The molecule has 0 aromatic heterocycles. The summed E-state index contributed by atoms with van der Waals surface area (Å²) in [5.41, 5.74) is 2.93. The van der Waals surface area contributed by atoms with Crippen molar-refractivity contribution in [3.63, 3.8) is 0 Å². The highest BCUT2D eigenvalue weighted by atomic mass is 35.5. The first-order chi connectivity index (χ1) is 14.5. The van der Waals surface area contributed by atoms with Crippen LogP contribution in [0.3, 0.4) is 0 Å². The van der Waals surface area contributed by atoms with Crippen molar-refractivity contribution in [3.05, 3.63) is 89.2 Å². The van der Waals surface area contributed by atoms with E-state index in [0.29, 0.717) is 10.7 Å². The van der Waals surface area contributed by atoms with E-state index in [9.17, 15) is 4.39 Å². The molecule has 30 heavy (non-hydrogen) atoms. The summed E-state index contributed by atoms with van der Waals surface area (Å²) in [6.45, 7) is 1.99. The van der Waals surface area contributed by atoms with E-state index in [-0.39, 0.29) is 11.5 Å². The van der Waals surface area contributed by atoms with Gasteiger partial charge in [0.25, 0.3) is 0 Å². The van der Waals surface area contributed by atoms with Crippen molar-refractivity contribution < 1.29 is 4.39 Å². The monoisotopic (exact) mass is 471 g/mol. The Morgan fingerprint density at radius 3 is 1.63 bits per heavy atom. The van der Waals surface area contributed by atoms with E-state index in [4.69, 9.17) is 11.6 Å². The average molecular weight is 472 g/mol. The van der Waals surface area contributed by atoms with Gasteiger partial charge >= 0.3 is 0 Å². The highest BCUT2D eigenvalue weighted by Gasteiger charge is 1.94. The van der Waals surface area contributed by atoms with Crippen LogP contribution in [0.15, 0.2) is 87.8 Å². The molecule has 3 rings (SSSR count). The second kappa shape index (κ2) is 15.2. The van der Waals surface area contributed by atoms with Gasteiger partial charge in [-0.3, -0.25) is 0 Å². The molecule has 0 amide bonds. The van der Waals surface area contributed by atoms with Crippen molar-refractivity contribution in [1.29, 1.82) is 0 Å². The number of nitrogens with zero attached hydrogens (tertiary/aromatic N) is 3. The van der Waals surface area contributed by atoms with Crippen LogP contribution in [0.25, 0.3) is 0 Å². The first kappa shape index (κ1) is 25.3. The number of halogens is 2. The third kappa shape index (κ3) is 9.66. The summed E-state index contributed by atoms with van der Waals surface area (Å²) in [5.74, 6) is -0.375. The van der Waals surface area contributed by atoms with Crippen molar-refractivity contribution >= 4 is 80.8 Å². The maximum absolute atomic E-state index is 12.6. The summed E-state index contributed by atoms with van der Waals surface area (Å²) in [5, 5.41) is 7.27. The summed E-state index contributed by atoms with van der Waals surface area (Å²) in [6, 6.07) is 21.2. The number of isothiocyanates is 3. The Morgan fingerprint density at radius 2 is 1.10 bits per heavy atom. The summed E-state index contributed by atoms with van der Waals surface area (Å²) < 4.78 is 12.6. The fraction of sp³-hybridized carbons (Fsp3) is 0.0455. The Hall–Kier alpha value is -2.72. The van der Waals surface area contributed by atoms with Gasteiger partial charge in [0.15, 0.2) is 0 Å². The minimum absolute atomic E-state index is 0.234. The fourth-order valence-electron chi connectivity index (χ4n) is 1.92. The number of para-hydroxylation sites is 3. The quantitative estimate of drug-likeness (QED) is 0.284. The van der Waals surface area contributed by atoms with E-state index < -0.39 is 0 Å². The number of rotatable bonds is 3. The van der Waals surface area contributed by atoms with E-state index >= 15 is 0 Å². The Bertz CT molecular complexity index is 976. The van der Waals surface area contributed by atoms with Gasteiger partial charge < -0.3 is 0 Å². The molecule has 3 nitrogen and oxygen atoms in total. The normalized spacial score (nSPS) is 8.50. The Kier molecular flexibility index (Phi) is 12.8. The third-order valence-electron chi connectivity index (χ3n) is 3.32. The smallest absolute Gasteiger partial charge is 0.149 e. The zero-order chi connectivity index (χ0) is 22.2. The lowest BCUT2D eigenvalue weighted by molar-refractivity contribution is 0.630. The first-order valence-corrected chi connectivity index (χ1v) is 9.92. The van der Waals surface area contributed by atoms with Gasteiger partial charge in [0.05, 0.1) is 31.9 Å². The van der Waals surface area contributed by atoms with Crippen LogP contribution >= 0.6 is 48.3 Å². The van der Waals surface area contributed by atoms with Crippen LogP contribution in [0, 0.1) is 12.7 Å². The Labute approximate surface area is 195 Å². The first-order valence-electron chi connectivity index (χ1n) is 8.31. The van der Waals surface area contributed by atoms with E-state index in [2.05, 4.69) is 67.1 Å². The molecule has 0 unspecified atom stereocenters. The van der Waals surface area contributed by atoms with Crippen LogP contribution in [0.1, 0.15) is 5.56 Å². The molecule has 8 heteroatoms. The van der Waals surface area contributed by atoms with Gasteiger partial charge in [-0.15, -0.1) is 0 Å². The highest BCUT2D eigenvalue weighted by Crippen LogP contribution is 2.22. The lowest BCUT2D eigenvalue weighted by Crippen LogP contribution is -1.71. The second-order valence-corrected chi connectivity index (χ2v) is 6.25. The van der Waals surface area contributed by atoms with Crippen LogP contribution in [-0.2, 0) is 0 Å². The van der Waals surface area contributed by atoms with Crippen molar-refractivity contribution in [2.24, 2.45) is 15.0 Å². The van der Waals surface area contributed by atoms with Gasteiger partial charge in [0, 0.05) is 0 Å². The van der Waals surface area contributed by atoms with Gasteiger partial charge in [-0.25, -0.2) is 4.39 Å². The maximum Gasteiger partial charge on any atom is 0.149 e. The molecule has 0 atom stereocenters. The van der Waals surface area contributed by atoms with Gasteiger partial charge in [-0.2, -0.15) is 15.0 Å². The zero-order valence-electron chi connectivity index (χ0n) is 15.8. The molecular formula is C22H15ClFN3S3. The number of aryl methyl sites for hydroxylation is 1. The molecule has 0 saturated heterocycles. The Balaban J connectivity index is 0.000000225. The molecule has 0 aliphatic rings. The zero-order valence-corrected chi connectivity index (χ0v) is 19.0. The summed E-state index contributed by atoms with van der Waals surface area (Å²) in [6.07, 6.45) is 0. The predicted molar refractivity (Wildman–Crippen MR) is 133 cm³/mol.